The smallest absolute Gasteiger partial charge is 0.349 e. The van der Waals surface area contributed by atoms with Crippen LogP contribution in [-0.2, 0) is 11.3 Å². The molecule has 30 heavy (non-hydrogen) atoms. The quantitative estimate of drug-likeness (QED) is 0.685. The highest BCUT2D eigenvalue weighted by atomic mass is 19.1. The molecule has 1 saturated heterocycles. The monoisotopic (exact) mass is 413 g/mol. The molecule has 1 aliphatic rings. The van der Waals surface area contributed by atoms with E-state index in [0.29, 0.717) is 24.5 Å². The molecule has 156 valence electrons. The number of hydrogen-bond acceptors (Lipinski definition) is 7. The van der Waals surface area contributed by atoms with Crippen LogP contribution in [0.3, 0.4) is 0 Å². The van der Waals surface area contributed by atoms with Gasteiger partial charge in [0.2, 0.25) is 11.7 Å². The first kappa shape index (κ1) is 20.0. The molecule has 0 unspecified atom stereocenters. The zero-order valence-electron chi connectivity index (χ0n) is 16.3. The number of aromatic nitrogens is 2. The fraction of sp³-hybridized carbons (Fsp3) is 0.333. The third kappa shape index (κ3) is 4.16. The number of aryl methyl sites for hydroxylation is 1. The third-order valence-corrected chi connectivity index (χ3v) is 5.00. The van der Waals surface area contributed by atoms with Crippen LogP contribution in [0.1, 0.15) is 46.3 Å². The molecule has 0 bridgehead atoms. The number of ether oxygens (including phenoxy) is 1. The molecule has 1 aliphatic heterocycles. The average Bonchev–Trinajstić information content (AvgIpc) is 3.21. The van der Waals surface area contributed by atoms with Gasteiger partial charge in [-0.1, -0.05) is 17.3 Å². The second kappa shape index (κ2) is 8.58. The molecular weight excluding hydrogens is 393 g/mol. The van der Waals surface area contributed by atoms with Crippen LogP contribution in [0.2, 0.25) is 0 Å². The zero-order chi connectivity index (χ0) is 21.1. The molecule has 3 heterocycles. The van der Waals surface area contributed by atoms with Gasteiger partial charge in [-0.25, -0.2) is 9.18 Å². The maximum absolute atomic E-state index is 13.8. The van der Waals surface area contributed by atoms with Crippen molar-refractivity contribution in [2.24, 2.45) is 0 Å². The van der Waals surface area contributed by atoms with Crippen LogP contribution in [-0.4, -0.2) is 29.3 Å². The highest BCUT2D eigenvalue weighted by Crippen LogP contribution is 2.27. The van der Waals surface area contributed by atoms with E-state index in [9.17, 15) is 14.0 Å². The van der Waals surface area contributed by atoms with Gasteiger partial charge < -0.3 is 19.0 Å². The maximum atomic E-state index is 13.8. The van der Waals surface area contributed by atoms with Gasteiger partial charge in [-0.05, 0) is 43.5 Å². The summed E-state index contributed by atoms with van der Waals surface area (Å²) in [5, 5.41) is 6.29. The van der Waals surface area contributed by atoms with Crippen LogP contribution >= 0.6 is 0 Å². The summed E-state index contributed by atoms with van der Waals surface area (Å²) >= 11 is 0. The molecule has 0 saturated carbocycles. The summed E-state index contributed by atoms with van der Waals surface area (Å²) in [6, 6.07) is 7.76. The van der Waals surface area contributed by atoms with E-state index >= 15 is 0 Å². The standard InChI is InChI=1S/C21H20FN3O5/c1-12-10-16(13-6-8-28-9-7-13)29-21(27)18(12)20(26)23-11-17-24-19(25-30-17)14-4-2-3-5-15(14)22/h2-5,10,13H,6-9,11H2,1H3,(H,23,26). The van der Waals surface area contributed by atoms with Crippen LogP contribution in [0.4, 0.5) is 4.39 Å². The van der Waals surface area contributed by atoms with Crippen molar-refractivity contribution in [1.29, 1.82) is 0 Å². The molecule has 4 rings (SSSR count). The van der Waals surface area contributed by atoms with Crippen molar-refractivity contribution < 1.29 is 22.9 Å². The van der Waals surface area contributed by atoms with Gasteiger partial charge in [0.1, 0.15) is 17.1 Å². The number of amides is 1. The Morgan fingerprint density at radius 2 is 2.03 bits per heavy atom. The van der Waals surface area contributed by atoms with Crippen molar-refractivity contribution in [1.82, 2.24) is 15.5 Å². The minimum absolute atomic E-state index is 0.0698. The van der Waals surface area contributed by atoms with E-state index < -0.39 is 17.3 Å². The lowest BCUT2D eigenvalue weighted by Gasteiger charge is -2.21. The molecule has 3 aromatic rings. The first-order chi connectivity index (χ1) is 14.5. The largest absolute Gasteiger partial charge is 0.427 e. The van der Waals surface area contributed by atoms with E-state index in [1.807, 2.05) is 0 Å². The van der Waals surface area contributed by atoms with Crippen LogP contribution < -0.4 is 10.9 Å². The van der Waals surface area contributed by atoms with E-state index in [1.54, 1.807) is 25.1 Å². The van der Waals surface area contributed by atoms with Crippen molar-refractivity contribution in [2.75, 3.05) is 13.2 Å². The number of nitrogens with zero attached hydrogens (tertiary/aromatic N) is 2. The van der Waals surface area contributed by atoms with Gasteiger partial charge in [-0.3, -0.25) is 4.79 Å². The maximum Gasteiger partial charge on any atom is 0.349 e. The van der Waals surface area contributed by atoms with E-state index in [2.05, 4.69) is 15.5 Å². The molecule has 2 aromatic heterocycles. The fourth-order valence-electron chi connectivity index (χ4n) is 3.41. The van der Waals surface area contributed by atoms with Crippen molar-refractivity contribution >= 4 is 5.91 Å². The summed E-state index contributed by atoms with van der Waals surface area (Å²) in [6.07, 6.45) is 1.55. The molecule has 9 heteroatoms. The molecule has 1 aromatic carbocycles. The summed E-state index contributed by atoms with van der Waals surface area (Å²) in [5.74, 6) is -0.241. The number of hydrogen-bond donors (Lipinski definition) is 1. The van der Waals surface area contributed by atoms with Crippen molar-refractivity contribution in [3.63, 3.8) is 0 Å². The summed E-state index contributed by atoms with van der Waals surface area (Å²) in [6.45, 7) is 2.82. The molecule has 0 atom stereocenters. The van der Waals surface area contributed by atoms with Crippen LogP contribution in [0.15, 0.2) is 44.1 Å². The number of carbonyl (C=O) groups excluding carboxylic acids is 1. The van der Waals surface area contributed by atoms with Gasteiger partial charge >= 0.3 is 5.63 Å². The van der Waals surface area contributed by atoms with Crippen LogP contribution in [0.25, 0.3) is 11.4 Å². The first-order valence-electron chi connectivity index (χ1n) is 9.61. The Labute approximate surface area is 171 Å². The van der Waals surface area contributed by atoms with Gasteiger partial charge in [-0.2, -0.15) is 4.98 Å². The minimum atomic E-state index is -0.688. The highest BCUT2D eigenvalue weighted by molar-refractivity contribution is 5.95. The number of rotatable bonds is 5. The van der Waals surface area contributed by atoms with Gasteiger partial charge in [0.25, 0.3) is 5.91 Å². The molecule has 0 spiro atoms. The molecule has 8 nitrogen and oxygen atoms in total. The fourth-order valence-corrected chi connectivity index (χ4v) is 3.41. The summed E-state index contributed by atoms with van der Waals surface area (Å²) < 4.78 is 29.6. The molecule has 0 aliphatic carbocycles. The molecule has 1 fully saturated rings. The first-order valence-corrected chi connectivity index (χ1v) is 9.61. The Bertz CT molecular complexity index is 1120. The van der Waals surface area contributed by atoms with Crippen molar-refractivity contribution in [3.8, 4) is 11.4 Å². The van der Waals surface area contributed by atoms with Gasteiger partial charge in [0, 0.05) is 19.1 Å². The Hall–Kier alpha value is -3.33. The summed E-state index contributed by atoms with van der Waals surface area (Å²) in [5.41, 5.74) is -0.0342. The van der Waals surface area contributed by atoms with Gasteiger partial charge in [-0.15, -0.1) is 0 Å². The van der Waals surface area contributed by atoms with E-state index in [1.165, 1.54) is 12.1 Å². The van der Waals surface area contributed by atoms with Crippen molar-refractivity contribution in [2.45, 2.75) is 32.2 Å². The predicted octanol–water partition coefficient (Wildman–Crippen LogP) is 2.96. The lowest BCUT2D eigenvalue weighted by Crippen LogP contribution is -2.29. The lowest BCUT2D eigenvalue weighted by molar-refractivity contribution is 0.0795. The third-order valence-electron chi connectivity index (χ3n) is 5.00. The average molecular weight is 413 g/mol. The normalized spacial score (nSPS) is 14.6. The SMILES string of the molecule is Cc1cc(C2CCOCC2)oc(=O)c1C(=O)NCc1nc(-c2ccccc2F)no1. The number of benzene rings is 1. The molecular formula is C21H20FN3O5. The Morgan fingerprint density at radius 1 is 1.27 bits per heavy atom. The predicted molar refractivity (Wildman–Crippen MR) is 103 cm³/mol. The van der Waals surface area contributed by atoms with Crippen LogP contribution in [0.5, 0.6) is 0 Å². The van der Waals surface area contributed by atoms with Crippen LogP contribution in [0, 0.1) is 12.7 Å². The second-order valence-electron chi connectivity index (χ2n) is 7.06. The number of nitrogens with one attached hydrogen (secondary N) is 1. The van der Waals surface area contributed by atoms with Crippen molar-refractivity contribution in [3.05, 3.63) is 69.3 Å². The van der Waals surface area contributed by atoms with E-state index in [-0.39, 0.29) is 35.3 Å². The zero-order valence-corrected chi connectivity index (χ0v) is 16.3. The summed E-state index contributed by atoms with van der Waals surface area (Å²) in [7, 11) is 0. The second-order valence-corrected chi connectivity index (χ2v) is 7.06. The van der Waals surface area contributed by atoms with E-state index in [4.69, 9.17) is 13.7 Å². The molecule has 0 radical (unpaired) electrons. The number of halogens is 1. The lowest BCUT2D eigenvalue weighted by atomic mass is 9.95. The van der Waals surface area contributed by atoms with E-state index in [0.717, 1.165) is 12.8 Å². The molecule has 1 amide bonds. The minimum Gasteiger partial charge on any atom is -0.427 e. The van der Waals surface area contributed by atoms with Gasteiger partial charge in [0.15, 0.2) is 0 Å². The Kier molecular flexibility index (Phi) is 5.71. The Morgan fingerprint density at radius 3 is 2.77 bits per heavy atom. The summed E-state index contributed by atoms with van der Waals surface area (Å²) in [4.78, 5) is 29.0. The molecule has 1 N–H and O–H groups in total. The topological polar surface area (TPSA) is 107 Å². The Balaban J connectivity index is 1.46. The number of carbonyl (C=O) groups is 1. The highest BCUT2D eigenvalue weighted by Gasteiger charge is 2.23. The van der Waals surface area contributed by atoms with Gasteiger partial charge in [0.05, 0.1) is 12.1 Å².